The van der Waals surface area contributed by atoms with E-state index < -0.39 is 5.97 Å². The zero-order chi connectivity index (χ0) is 16.3. The van der Waals surface area contributed by atoms with Crippen LogP contribution in [-0.4, -0.2) is 49.2 Å². The van der Waals surface area contributed by atoms with E-state index in [1.165, 1.54) is 4.90 Å². The summed E-state index contributed by atoms with van der Waals surface area (Å²) in [5.74, 6) is 0.209. The molecule has 1 saturated carbocycles. The number of likely N-dealkylation sites (N-methyl/N-ethyl adjacent to an activating group) is 1. The predicted molar refractivity (Wildman–Crippen MR) is 80.3 cm³/mol. The molecule has 0 spiro atoms. The highest BCUT2D eigenvalue weighted by atomic mass is 16.5. The Morgan fingerprint density at radius 1 is 1.32 bits per heavy atom. The van der Waals surface area contributed by atoms with Crippen molar-refractivity contribution in [1.82, 2.24) is 4.90 Å². The average Bonchev–Trinajstić information content (AvgIpc) is 3.31. The first-order valence-electron chi connectivity index (χ1n) is 7.24. The molecule has 120 valence electrons. The molecule has 1 aromatic rings. The van der Waals surface area contributed by atoms with Crippen molar-refractivity contribution in [1.29, 1.82) is 0 Å². The molecule has 0 bridgehead atoms. The molecule has 1 aliphatic carbocycles. The summed E-state index contributed by atoms with van der Waals surface area (Å²) in [6.45, 7) is 1.92. The van der Waals surface area contributed by atoms with Gasteiger partial charge in [0.1, 0.15) is 18.0 Å². The van der Waals surface area contributed by atoms with Gasteiger partial charge in [-0.2, -0.15) is 0 Å². The lowest BCUT2D eigenvalue weighted by molar-refractivity contribution is -0.144. The van der Waals surface area contributed by atoms with Crippen LogP contribution in [0.25, 0.3) is 0 Å². The number of carboxylic acid groups (broad SMARTS) is 1. The Morgan fingerprint density at radius 3 is 2.59 bits per heavy atom. The molecule has 0 heterocycles. The maximum Gasteiger partial charge on any atom is 0.323 e. The fraction of sp³-hybridized carbons (Fsp3) is 0.500. The van der Waals surface area contributed by atoms with Crippen LogP contribution in [0.2, 0.25) is 0 Å². The summed E-state index contributed by atoms with van der Waals surface area (Å²) in [5, 5.41) is 8.87. The molecular formula is C16H21NO5. The number of carboxylic acids is 1. The van der Waals surface area contributed by atoms with Gasteiger partial charge in [0.25, 0.3) is 0 Å². The van der Waals surface area contributed by atoms with E-state index in [0.717, 1.165) is 11.3 Å². The molecular weight excluding hydrogens is 286 g/mol. The van der Waals surface area contributed by atoms with Crippen molar-refractivity contribution in [3.8, 4) is 11.5 Å². The molecule has 6 heteroatoms. The number of rotatable bonds is 7. The van der Waals surface area contributed by atoms with Gasteiger partial charge in [-0.1, -0.05) is 0 Å². The Hall–Kier alpha value is -2.24. The van der Waals surface area contributed by atoms with Crippen LogP contribution in [0.15, 0.2) is 18.2 Å². The molecule has 1 N–H and O–H groups in total. The number of aliphatic carboxylic acids is 1. The first-order valence-corrected chi connectivity index (χ1v) is 7.24. The van der Waals surface area contributed by atoms with Crippen molar-refractivity contribution in [2.45, 2.75) is 19.3 Å². The number of amides is 1. The number of hydrogen-bond donors (Lipinski definition) is 1. The fourth-order valence-electron chi connectivity index (χ4n) is 2.68. The maximum atomic E-state index is 12.4. The van der Waals surface area contributed by atoms with Gasteiger partial charge in [-0.25, -0.2) is 0 Å². The van der Waals surface area contributed by atoms with E-state index in [-0.39, 0.29) is 24.3 Å². The van der Waals surface area contributed by atoms with Gasteiger partial charge in [-0.05, 0) is 31.5 Å². The molecule has 1 fully saturated rings. The number of methoxy groups -OCH3 is 2. The number of benzene rings is 1. The Bertz CT molecular complexity index is 572. The van der Waals surface area contributed by atoms with Gasteiger partial charge in [0, 0.05) is 23.9 Å². The van der Waals surface area contributed by atoms with Crippen molar-refractivity contribution in [3.63, 3.8) is 0 Å². The first-order chi connectivity index (χ1) is 10.5. The lowest BCUT2D eigenvalue weighted by Crippen LogP contribution is -2.36. The molecule has 0 radical (unpaired) electrons. The van der Waals surface area contributed by atoms with E-state index in [1.807, 2.05) is 18.2 Å². The minimum atomic E-state index is -0.994. The molecule has 0 saturated heterocycles. The quantitative estimate of drug-likeness (QED) is 0.830. The lowest BCUT2D eigenvalue weighted by Gasteiger charge is -2.19. The zero-order valence-corrected chi connectivity index (χ0v) is 13.0. The third kappa shape index (κ3) is 3.32. The molecule has 6 nitrogen and oxygen atoms in total. The topological polar surface area (TPSA) is 76.1 Å². The van der Waals surface area contributed by atoms with Crippen LogP contribution in [-0.2, 0) is 9.59 Å². The van der Waals surface area contributed by atoms with Crippen molar-refractivity contribution >= 4 is 11.9 Å². The lowest BCUT2D eigenvalue weighted by atomic mass is 10.1. The Morgan fingerprint density at radius 2 is 2.05 bits per heavy atom. The molecule has 1 amide bonds. The van der Waals surface area contributed by atoms with Crippen molar-refractivity contribution in [2.75, 3.05) is 27.3 Å². The van der Waals surface area contributed by atoms with Gasteiger partial charge in [-0.15, -0.1) is 0 Å². The van der Waals surface area contributed by atoms with E-state index in [4.69, 9.17) is 14.6 Å². The molecule has 0 aliphatic heterocycles. The standard InChI is InChI=1S/C16H21NO5/c1-4-17(9-15(18)19)16(20)13-8-11(13)12-7-10(21-2)5-6-14(12)22-3/h5-7,11,13H,4,8-9H2,1-3H3,(H,18,19). The number of carbonyl (C=O) groups is 2. The molecule has 1 aromatic carbocycles. The van der Waals surface area contributed by atoms with Crippen LogP contribution < -0.4 is 9.47 Å². The van der Waals surface area contributed by atoms with Gasteiger partial charge in [0.05, 0.1) is 14.2 Å². The first kappa shape index (κ1) is 16.1. The highest BCUT2D eigenvalue weighted by Gasteiger charge is 2.47. The number of carbonyl (C=O) groups excluding carboxylic acids is 1. The van der Waals surface area contributed by atoms with Crippen LogP contribution >= 0.6 is 0 Å². The third-order valence-corrected chi connectivity index (χ3v) is 3.96. The van der Waals surface area contributed by atoms with E-state index in [9.17, 15) is 9.59 Å². The summed E-state index contributed by atoms with van der Waals surface area (Å²) >= 11 is 0. The van der Waals surface area contributed by atoms with Crippen LogP contribution in [0.3, 0.4) is 0 Å². The van der Waals surface area contributed by atoms with Gasteiger partial charge in [0.15, 0.2) is 0 Å². The van der Waals surface area contributed by atoms with Crippen LogP contribution in [0, 0.1) is 5.92 Å². The van der Waals surface area contributed by atoms with Gasteiger partial charge in [0.2, 0.25) is 5.91 Å². The highest BCUT2D eigenvalue weighted by molar-refractivity contribution is 5.86. The van der Waals surface area contributed by atoms with Crippen molar-refractivity contribution in [3.05, 3.63) is 23.8 Å². The minimum absolute atomic E-state index is 0.0559. The second-order valence-electron chi connectivity index (χ2n) is 5.30. The third-order valence-electron chi connectivity index (χ3n) is 3.96. The summed E-state index contributed by atoms with van der Waals surface area (Å²) in [7, 11) is 3.18. The van der Waals surface area contributed by atoms with E-state index in [1.54, 1.807) is 21.1 Å². The van der Waals surface area contributed by atoms with Gasteiger partial charge < -0.3 is 19.5 Å². The van der Waals surface area contributed by atoms with E-state index >= 15 is 0 Å². The smallest absolute Gasteiger partial charge is 0.323 e. The number of nitrogens with zero attached hydrogens (tertiary/aromatic N) is 1. The minimum Gasteiger partial charge on any atom is -0.497 e. The van der Waals surface area contributed by atoms with Crippen LogP contribution in [0.4, 0.5) is 0 Å². The molecule has 2 atom stereocenters. The van der Waals surface area contributed by atoms with E-state index in [0.29, 0.717) is 18.7 Å². The SMILES string of the molecule is CCN(CC(=O)O)C(=O)C1CC1c1cc(OC)ccc1OC. The van der Waals surface area contributed by atoms with Gasteiger partial charge >= 0.3 is 5.97 Å². The molecule has 2 rings (SSSR count). The summed E-state index contributed by atoms with van der Waals surface area (Å²) in [5.41, 5.74) is 0.937. The number of ether oxygens (including phenoxy) is 2. The van der Waals surface area contributed by atoms with Crippen LogP contribution in [0.5, 0.6) is 11.5 Å². The average molecular weight is 307 g/mol. The Balaban J connectivity index is 2.14. The molecule has 2 unspecified atom stereocenters. The number of hydrogen-bond acceptors (Lipinski definition) is 4. The summed E-state index contributed by atoms with van der Waals surface area (Å²) < 4.78 is 10.6. The Kier molecular flexibility index (Phi) is 4.90. The summed E-state index contributed by atoms with van der Waals surface area (Å²) in [6, 6.07) is 5.51. The molecule has 0 aromatic heterocycles. The normalized spacial score (nSPS) is 19.4. The fourth-order valence-corrected chi connectivity index (χ4v) is 2.68. The maximum absolute atomic E-state index is 12.4. The molecule has 1 aliphatic rings. The second kappa shape index (κ2) is 6.68. The molecule has 22 heavy (non-hydrogen) atoms. The zero-order valence-electron chi connectivity index (χ0n) is 13.0. The van der Waals surface area contributed by atoms with E-state index in [2.05, 4.69) is 0 Å². The van der Waals surface area contributed by atoms with Crippen molar-refractivity contribution in [2.24, 2.45) is 5.92 Å². The predicted octanol–water partition coefficient (Wildman–Crippen LogP) is 1.74. The largest absolute Gasteiger partial charge is 0.497 e. The summed E-state index contributed by atoms with van der Waals surface area (Å²) in [6.07, 6.45) is 0.707. The summed E-state index contributed by atoms with van der Waals surface area (Å²) in [4.78, 5) is 24.6. The van der Waals surface area contributed by atoms with Gasteiger partial charge in [-0.3, -0.25) is 9.59 Å². The van der Waals surface area contributed by atoms with Crippen molar-refractivity contribution < 1.29 is 24.2 Å². The van der Waals surface area contributed by atoms with Crippen LogP contribution in [0.1, 0.15) is 24.8 Å². The second-order valence-corrected chi connectivity index (χ2v) is 5.30. The Labute approximate surface area is 129 Å². The highest BCUT2D eigenvalue weighted by Crippen LogP contribution is 2.52. The monoisotopic (exact) mass is 307 g/mol.